The van der Waals surface area contributed by atoms with Gasteiger partial charge in [0, 0.05) is 38.6 Å². The fourth-order valence-corrected chi connectivity index (χ4v) is 4.62. The van der Waals surface area contributed by atoms with Gasteiger partial charge in [-0.3, -0.25) is 0 Å². The first kappa shape index (κ1) is 16.7. The third-order valence-electron chi connectivity index (χ3n) is 4.27. The van der Waals surface area contributed by atoms with E-state index in [1.54, 1.807) is 0 Å². The smallest absolute Gasteiger partial charge is 0.279 e. The van der Waals surface area contributed by atoms with Crippen LogP contribution in [0.4, 0.5) is 0 Å². The molecule has 0 spiro atoms. The lowest BCUT2D eigenvalue weighted by Crippen LogP contribution is -2.52. The highest BCUT2D eigenvalue weighted by molar-refractivity contribution is 7.87. The monoisotopic (exact) mass is 339 g/mol. The van der Waals surface area contributed by atoms with Crippen molar-refractivity contribution in [1.82, 2.24) is 14.3 Å². The van der Waals surface area contributed by atoms with Crippen LogP contribution >= 0.6 is 0 Å². The Morgan fingerprint density at radius 1 is 1.39 bits per heavy atom. The molecule has 0 aliphatic carbocycles. The largest absolute Gasteiger partial charge is 0.490 e. The van der Waals surface area contributed by atoms with Crippen LogP contribution < -0.4 is 14.8 Å². The summed E-state index contributed by atoms with van der Waals surface area (Å²) < 4.78 is 34.8. The van der Waals surface area contributed by atoms with Crippen LogP contribution in [0.25, 0.3) is 0 Å². The van der Waals surface area contributed by atoms with Gasteiger partial charge in [-0.15, -0.1) is 0 Å². The van der Waals surface area contributed by atoms with Crippen molar-refractivity contribution in [1.29, 1.82) is 0 Å². The average molecular weight is 339 g/mol. The molecule has 23 heavy (non-hydrogen) atoms. The highest BCUT2D eigenvalue weighted by Gasteiger charge is 2.25. The summed E-state index contributed by atoms with van der Waals surface area (Å²) in [7, 11) is -3.40. The fraction of sp³-hybridized carbons (Fsp3) is 0.625. The van der Waals surface area contributed by atoms with Crippen LogP contribution in [0.15, 0.2) is 18.2 Å². The molecule has 128 valence electrons. The Balaban J connectivity index is 1.61. The van der Waals surface area contributed by atoms with Crippen LogP contribution in [0.2, 0.25) is 0 Å². The van der Waals surface area contributed by atoms with E-state index in [2.05, 4.69) is 23.0 Å². The Hall–Kier alpha value is -1.15. The van der Waals surface area contributed by atoms with Crippen molar-refractivity contribution >= 4 is 10.2 Å². The van der Waals surface area contributed by atoms with Crippen molar-refractivity contribution in [2.75, 3.05) is 26.2 Å². The minimum Gasteiger partial charge on any atom is -0.490 e. The maximum absolute atomic E-state index is 12.4. The van der Waals surface area contributed by atoms with Gasteiger partial charge in [-0.25, -0.2) is 0 Å². The molecule has 1 aromatic carbocycles. The third kappa shape index (κ3) is 4.03. The molecule has 0 amide bonds. The lowest BCUT2D eigenvalue weighted by atomic mass is 10.0. The van der Waals surface area contributed by atoms with E-state index in [0.29, 0.717) is 32.6 Å². The highest BCUT2D eigenvalue weighted by atomic mass is 32.2. The van der Waals surface area contributed by atoms with Gasteiger partial charge >= 0.3 is 0 Å². The van der Waals surface area contributed by atoms with Crippen molar-refractivity contribution in [3.8, 4) is 5.75 Å². The molecule has 1 unspecified atom stereocenters. The first-order valence-electron chi connectivity index (χ1n) is 8.20. The standard InChI is InChI=1S/C16H25N3O3S/c1-12(18-23(20,21)19-7-5-17-6-8-19)9-14-3-4-16-15(11-14)10-13(2)22-16/h3-4,11-13,17-18H,5-10H2,1-2H3/t12-,13?/m1/s1. The van der Waals surface area contributed by atoms with Crippen LogP contribution in [-0.2, 0) is 23.1 Å². The summed E-state index contributed by atoms with van der Waals surface area (Å²) in [5, 5.41) is 3.16. The summed E-state index contributed by atoms with van der Waals surface area (Å²) in [4.78, 5) is 0. The lowest BCUT2D eigenvalue weighted by molar-refractivity contribution is 0.254. The van der Waals surface area contributed by atoms with E-state index in [9.17, 15) is 8.42 Å². The molecule has 2 heterocycles. The molecule has 3 rings (SSSR count). The van der Waals surface area contributed by atoms with Crippen molar-refractivity contribution in [3.05, 3.63) is 29.3 Å². The van der Waals surface area contributed by atoms with Gasteiger partial charge in [0.15, 0.2) is 0 Å². The molecule has 2 aliphatic heterocycles. The summed E-state index contributed by atoms with van der Waals surface area (Å²) in [6, 6.07) is 6.00. The zero-order valence-corrected chi connectivity index (χ0v) is 14.5. The van der Waals surface area contributed by atoms with Gasteiger partial charge in [-0.2, -0.15) is 17.4 Å². The molecule has 0 saturated carbocycles. The van der Waals surface area contributed by atoms with Crippen LogP contribution in [0, 0.1) is 0 Å². The summed E-state index contributed by atoms with van der Waals surface area (Å²) in [5.41, 5.74) is 2.35. The molecule has 2 aliphatic rings. The Labute approximate surface area is 138 Å². The van der Waals surface area contributed by atoms with E-state index < -0.39 is 10.2 Å². The number of piperazine rings is 1. The fourth-order valence-electron chi connectivity index (χ4n) is 3.21. The van der Waals surface area contributed by atoms with E-state index in [-0.39, 0.29) is 12.1 Å². The number of hydrogen-bond acceptors (Lipinski definition) is 4. The Kier molecular flexibility index (Phi) is 4.91. The van der Waals surface area contributed by atoms with Crippen molar-refractivity contribution < 1.29 is 13.2 Å². The molecule has 2 atom stereocenters. The second kappa shape index (κ2) is 6.76. The van der Waals surface area contributed by atoms with E-state index in [0.717, 1.165) is 17.7 Å². The zero-order valence-electron chi connectivity index (χ0n) is 13.7. The van der Waals surface area contributed by atoms with Gasteiger partial charge in [-0.1, -0.05) is 12.1 Å². The van der Waals surface area contributed by atoms with Gasteiger partial charge in [0.1, 0.15) is 11.9 Å². The maximum Gasteiger partial charge on any atom is 0.279 e. The Bertz CT molecular complexity index is 657. The second-order valence-corrected chi connectivity index (χ2v) is 8.15. The second-order valence-electron chi connectivity index (χ2n) is 6.45. The van der Waals surface area contributed by atoms with Gasteiger partial charge in [0.2, 0.25) is 0 Å². The van der Waals surface area contributed by atoms with Crippen molar-refractivity contribution in [3.63, 3.8) is 0 Å². The third-order valence-corrected chi connectivity index (χ3v) is 6.01. The number of nitrogens with one attached hydrogen (secondary N) is 2. The van der Waals surface area contributed by atoms with Crippen LogP contribution in [0.5, 0.6) is 5.75 Å². The molecule has 0 bridgehead atoms. The predicted molar refractivity (Wildman–Crippen MR) is 89.9 cm³/mol. The number of hydrogen-bond donors (Lipinski definition) is 2. The lowest BCUT2D eigenvalue weighted by Gasteiger charge is -2.28. The number of benzene rings is 1. The summed E-state index contributed by atoms with van der Waals surface area (Å²) in [6.45, 7) is 6.43. The molecule has 0 aromatic heterocycles. The zero-order chi connectivity index (χ0) is 16.4. The molecule has 0 radical (unpaired) electrons. The minimum atomic E-state index is -3.40. The SMILES string of the molecule is CC1Cc2cc(C[C@@H](C)NS(=O)(=O)N3CCNCC3)ccc2O1. The molecule has 2 N–H and O–H groups in total. The summed E-state index contributed by atoms with van der Waals surface area (Å²) in [6.07, 6.45) is 1.82. The number of ether oxygens (including phenoxy) is 1. The summed E-state index contributed by atoms with van der Waals surface area (Å²) >= 11 is 0. The van der Waals surface area contributed by atoms with Gasteiger partial charge in [-0.05, 0) is 37.5 Å². The van der Waals surface area contributed by atoms with Crippen LogP contribution in [0.1, 0.15) is 25.0 Å². The maximum atomic E-state index is 12.4. The molecule has 7 heteroatoms. The van der Waals surface area contributed by atoms with Crippen LogP contribution in [-0.4, -0.2) is 51.0 Å². The number of nitrogens with zero attached hydrogens (tertiary/aromatic N) is 1. The topological polar surface area (TPSA) is 70.7 Å². The minimum absolute atomic E-state index is 0.146. The van der Waals surface area contributed by atoms with E-state index in [4.69, 9.17) is 4.74 Å². The van der Waals surface area contributed by atoms with Gasteiger partial charge < -0.3 is 10.1 Å². The van der Waals surface area contributed by atoms with E-state index in [1.165, 1.54) is 9.87 Å². The van der Waals surface area contributed by atoms with Gasteiger partial charge in [0.05, 0.1) is 0 Å². The van der Waals surface area contributed by atoms with Crippen molar-refractivity contribution in [2.45, 2.75) is 38.8 Å². The average Bonchev–Trinajstić information content (AvgIpc) is 2.87. The van der Waals surface area contributed by atoms with Crippen LogP contribution in [0.3, 0.4) is 0 Å². The first-order chi connectivity index (χ1) is 10.9. The van der Waals surface area contributed by atoms with E-state index >= 15 is 0 Å². The molecule has 1 saturated heterocycles. The molecule has 6 nitrogen and oxygen atoms in total. The molecule has 1 aromatic rings. The molecular formula is C16H25N3O3S. The number of fused-ring (bicyclic) bond motifs is 1. The van der Waals surface area contributed by atoms with E-state index in [1.807, 2.05) is 19.1 Å². The number of rotatable bonds is 5. The predicted octanol–water partition coefficient (Wildman–Crippen LogP) is 0.681. The molecule has 1 fully saturated rings. The van der Waals surface area contributed by atoms with Gasteiger partial charge in [0.25, 0.3) is 10.2 Å². The highest BCUT2D eigenvalue weighted by Crippen LogP contribution is 2.29. The molecular weight excluding hydrogens is 314 g/mol. The Morgan fingerprint density at radius 3 is 2.87 bits per heavy atom. The normalized spacial score (nSPS) is 23.3. The quantitative estimate of drug-likeness (QED) is 0.828. The first-order valence-corrected chi connectivity index (χ1v) is 9.64. The van der Waals surface area contributed by atoms with Crippen molar-refractivity contribution in [2.24, 2.45) is 0 Å². The summed E-state index contributed by atoms with van der Waals surface area (Å²) in [5.74, 6) is 0.954. The Morgan fingerprint density at radius 2 is 2.13 bits per heavy atom.